The van der Waals surface area contributed by atoms with Gasteiger partial charge in [-0.05, 0) is 55.5 Å². The van der Waals surface area contributed by atoms with E-state index in [4.69, 9.17) is 0 Å². The van der Waals surface area contributed by atoms with Gasteiger partial charge in [0.2, 0.25) is 0 Å². The minimum absolute atomic E-state index is 0.161. The Morgan fingerprint density at radius 2 is 2.35 bits per heavy atom. The highest BCUT2D eigenvalue weighted by atomic mass is 19.1. The molecular weight excluding hydrogens is 217 g/mol. The first-order valence-electron chi connectivity index (χ1n) is 6.40. The Labute approximate surface area is 102 Å². The molecule has 1 aliphatic carbocycles. The first-order chi connectivity index (χ1) is 8.20. The summed E-state index contributed by atoms with van der Waals surface area (Å²) in [6.07, 6.45) is 3.37. The SMILES string of the molecule is CCC(O)CCNC1CCc2ccc(F)cc21. The van der Waals surface area contributed by atoms with E-state index in [1.165, 1.54) is 11.6 Å². The van der Waals surface area contributed by atoms with Crippen LogP contribution in [-0.4, -0.2) is 17.8 Å². The summed E-state index contributed by atoms with van der Waals surface area (Å²) >= 11 is 0. The zero-order chi connectivity index (χ0) is 12.3. The summed E-state index contributed by atoms with van der Waals surface area (Å²) in [7, 11) is 0. The predicted molar refractivity (Wildman–Crippen MR) is 66.4 cm³/mol. The molecule has 0 saturated heterocycles. The van der Waals surface area contributed by atoms with Crippen molar-refractivity contribution in [1.29, 1.82) is 0 Å². The van der Waals surface area contributed by atoms with Crippen molar-refractivity contribution in [2.45, 2.75) is 44.8 Å². The van der Waals surface area contributed by atoms with Gasteiger partial charge in [0.05, 0.1) is 6.10 Å². The van der Waals surface area contributed by atoms with Crippen molar-refractivity contribution in [3.63, 3.8) is 0 Å². The smallest absolute Gasteiger partial charge is 0.123 e. The van der Waals surface area contributed by atoms with Crippen LogP contribution in [0.15, 0.2) is 18.2 Å². The number of hydrogen-bond acceptors (Lipinski definition) is 2. The Morgan fingerprint density at radius 1 is 1.53 bits per heavy atom. The fraction of sp³-hybridized carbons (Fsp3) is 0.571. The molecule has 2 unspecified atom stereocenters. The number of fused-ring (bicyclic) bond motifs is 1. The second-order valence-corrected chi connectivity index (χ2v) is 4.74. The Hall–Kier alpha value is -0.930. The van der Waals surface area contributed by atoms with Gasteiger partial charge in [0.25, 0.3) is 0 Å². The van der Waals surface area contributed by atoms with Crippen molar-refractivity contribution in [3.05, 3.63) is 35.1 Å². The Bertz CT molecular complexity index is 380. The molecule has 94 valence electrons. The van der Waals surface area contributed by atoms with Crippen LogP contribution in [0.25, 0.3) is 0 Å². The standard InChI is InChI=1S/C14H20FNO/c1-2-12(17)7-8-16-14-6-4-10-3-5-11(15)9-13(10)14/h3,5,9,12,14,16-17H,2,4,6-8H2,1H3. The first-order valence-corrected chi connectivity index (χ1v) is 6.40. The molecule has 0 saturated carbocycles. The highest BCUT2D eigenvalue weighted by Crippen LogP contribution is 2.31. The van der Waals surface area contributed by atoms with Gasteiger partial charge in [-0.1, -0.05) is 13.0 Å². The number of benzene rings is 1. The minimum atomic E-state index is -0.226. The molecule has 2 N–H and O–H groups in total. The number of halogens is 1. The average molecular weight is 237 g/mol. The van der Waals surface area contributed by atoms with E-state index in [9.17, 15) is 9.50 Å². The number of nitrogens with one attached hydrogen (secondary N) is 1. The van der Waals surface area contributed by atoms with Gasteiger partial charge in [-0.3, -0.25) is 0 Å². The topological polar surface area (TPSA) is 32.3 Å². The molecule has 2 nitrogen and oxygen atoms in total. The van der Waals surface area contributed by atoms with Crippen molar-refractivity contribution in [2.24, 2.45) is 0 Å². The van der Waals surface area contributed by atoms with E-state index < -0.39 is 0 Å². The summed E-state index contributed by atoms with van der Waals surface area (Å²) in [5.41, 5.74) is 2.34. The van der Waals surface area contributed by atoms with Gasteiger partial charge < -0.3 is 10.4 Å². The lowest BCUT2D eigenvalue weighted by molar-refractivity contribution is 0.158. The second kappa shape index (κ2) is 5.61. The van der Waals surface area contributed by atoms with Crippen molar-refractivity contribution < 1.29 is 9.50 Å². The second-order valence-electron chi connectivity index (χ2n) is 4.74. The van der Waals surface area contributed by atoms with Crippen LogP contribution < -0.4 is 5.32 Å². The summed E-state index contributed by atoms with van der Waals surface area (Å²) in [6.45, 7) is 2.76. The molecule has 3 heteroatoms. The normalized spacial score (nSPS) is 20.3. The molecule has 2 rings (SSSR count). The van der Waals surface area contributed by atoms with Gasteiger partial charge in [-0.15, -0.1) is 0 Å². The third-order valence-corrected chi connectivity index (χ3v) is 3.53. The molecule has 0 fully saturated rings. The summed E-state index contributed by atoms with van der Waals surface area (Å²) < 4.78 is 13.2. The fourth-order valence-corrected chi connectivity index (χ4v) is 2.41. The first kappa shape index (κ1) is 12.5. The van der Waals surface area contributed by atoms with Crippen LogP contribution in [0.3, 0.4) is 0 Å². The molecule has 1 aliphatic rings. The number of rotatable bonds is 5. The minimum Gasteiger partial charge on any atom is -0.393 e. The van der Waals surface area contributed by atoms with Crippen LogP contribution >= 0.6 is 0 Å². The van der Waals surface area contributed by atoms with E-state index >= 15 is 0 Å². The Kier molecular flexibility index (Phi) is 4.13. The maximum atomic E-state index is 13.2. The number of aliphatic hydroxyl groups is 1. The molecule has 0 bridgehead atoms. The Balaban J connectivity index is 1.91. The van der Waals surface area contributed by atoms with Gasteiger partial charge in [0.1, 0.15) is 5.82 Å². The molecule has 17 heavy (non-hydrogen) atoms. The highest BCUT2D eigenvalue weighted by Gasteiger charge is 2.22. The number of aryl methyl sites for hydroxylation is 1. The van der Waals surface area contributed by atoms with Crippen LogP contribution in [0.1, 0.15) is 43.4 Å². The summed E-state index contributed by atoms with van der Waals surface area (Å²) in [6, 6.07) is 5.30. The van der Waals surface area contributed by atoms with Crippen LogP contribution in [0.5, 0.6) is 0 Å². The van der Waals surface area contributed by atoms with Gasteiger partial charge in [-0.25, -0.2) is 4.39 Å². The Morgan fingerprint density at radius 3 is 3.12 bits per heavy atom. The van der Waals surface area contributed by atoms with Gasteiger partial charge in [-0.2, -0.15) is 0 Å². The summed E-state index contributed by atoms with van der Waals surface area (Å²) in [5.74, 6) is -0.161. The van der Waals surface area contributed by atoms with Crippen LogP contribution in [0.2, 0.25) is 0 Å². The molecule has 0 amide bonds. The lowest BCUT2D eigenvalue weighted by Crippen LogP contribution is -2.23. The maximum Gasteiger partial charge on any atom is 0.123 e. The molecule has 0 aromatic heterocycles. The fourth-order valence-electron chi connectivity index (χ4n) is 2.41. The lowest BCUT2D eigenvalue weighted by Gasteiger charge is -2.15. The lowest BCUT2D eigenvalue weighted by atomic mass is 10.1. The highest BCUT2D eigenvalue weighted by molar-refractivity contribution is 5.34. The summed E-state index contributed by atoms with van der Waals surface area (Å²) in [5, 5.41) is 12.9. The van der Waals surface area contributed by atoms with Gasteiger partial charge in [0.15, 0.2) is 0 Å². The van der Waals surface area contributed by atoms with Crippen molar-refractivity contribution in [2.75, 3.05) is 6.54 Å². The summed E-state index contributed by atoms with van der Waals surface area (Å²) in [4.78, 5) is 0. The van der Waals surface area contributed by atoms with Crippen LogP contribution in [0.4, 0.5) is 4.39 Å². The quantitative estimate of drug-likeness (QED) is 0.825. The van der Waals surface area contributed by atoms with Crippen LogP contribution in [-0.2, 0) is 6.42 Å². The molecule has 1 aromatic carbocycles. The maximum absolute atomic E-state index is 13.2. The van der Waals surface area contributed by atoms with E-state index in [-0.39, 0.29) is 18.0 Å². The van der Waals surface area contributed by atoms with E-state index in [2.05, 4.69) is 5.32 Å². The number of hydrogen-bond donors (Lipinski definition) is 2. The molecule has 0 heterocycles. The molecule has 2 atom stereocenters. The van der Waals surface area contributed by atoms with Crippen molar-refractivity contribution >= 4 is 0 Å². The molecule has 0 radical (unpaired) electrons. The van der Waals surface area contributed by atoms with Gasteiger partial charge >= 0.3 is 0 Å². The largest absolute Gasteiger partial charge is 0.393 e. The van der Waals surface area contributed by atoms with E-state index in [0.717, 1.165) is 37.8 Å². The van der Waals surface area contributed by atoms with Crippen LogP contribution in [0, 0.1) is 5.82 Å². The van der Waals surface area contributed by atoms with E-state index in [1.54, 1.807) is 6.07 Å². The molecule has 0 aliphatic heterocycles. The zero-order valence-electron chi connectivity index (χ0n) is 10.2. The van der Waals surface area contributed by atoms with Crippen molar-refractivity contribution in [3.8, 4) is 0 Å². The predicted octanol–water partition coefficient (Wildman–Crippen LogP) is 2.56. The molecule has 1 aromatic rings. The molecular formula is C14H20FNO. The third kappa shape index (κ3) is 3.05. The van der Waals surface area contributed by atoms with Gasteiger partial charge in [0, 0.05) is 6.04 Å². The number of aliphatic hydroxyl groups excluding tert-OH is 1. The zero-order valence-corrected chi connectivity index (χ0v) is 10.2. The monoisotopic (exact) mass is 237 g/mol. The van der Waals surface area contributed by atoms with E-state index in [0.29, 0.717) is 0 Å². The van der Waals surface area contributed by atoms with Crippen molar-refractivity contribution in [1.82, 2.24) is 5.32 Å². The third-order valence-electron chi connectivity index (χ3n) is 3.53. The van der Waals surface area contributed by atoms with E-state index in [1.807, 2.05) is 13.0 Å². The average Bonchev–Trinajstić information content (AvgIpc) is 2.72. The molecule has 0 spiro atoms.